The van der Waals surface area contributed by atoms with Crippen LogP contribution < -0.4 is 16.0 Å². The third-order valence-corrected chi connectivity index (χ3v) is 3.45. The second kappa shape index (κ2) is 6.27. The lowest BCUT2D eigenvalue weighted by Crippen LogP contribution is -2.48. The molecule has 20 heavy (non-hydrogen) atoms. The summed E-state index contributed by atoms with van der Waals surface area (Å²) in [5, 5.41) is 11.7. The molecular weight excluding hydrogens is 258 g/mol. The first kappa shape index (κ1) is 14.2. The Morgan fingerprint density at radius 3 is 2.60 bits per heavy atom. The van der Waals surface area contributed by atoms with Gasteiger partial charge in [-0.05, 0) is 31.4 Å². The van der Waals surface area contributed by atoms with Gasteiger partial charge in [-0.15, -0.1) is 0 Å². The van der Waals surface area contributed by atoms with Gasteiger partial charge in [0.25, 0.3) is 0 Å². The first-order chi connectivity index (χ1) is 9.58. The van der Waals surface area contributed by atoms with Gasteiger partial charge in [-0.3, -0.25) is 9.69 Å². The minimum Gasteiger partial charge on any atom is -0.481 e. The highest BCUT2D eigenvalue weighted by atomic mass is 16.4. The number of urea groups is 1. The summed E-state index contributed by atoms with van der Waals surface area (Å²) in [5.74, 6) is -0.944. The Morgan fingerprint density at radius 2 is 2.05 bits per heavy atom. The number of nitrogens with two attached hydrogens (primary N) is 1. The number of carboxylic acids is 1. The fourth-order valence-electron chi connectivity index (χ4n) is 2.08. The molecule has 1 aromatic rings. The van der Waals surface area contributed by atoms with Crippen LogP contribution in [0.5, 0.6) is 0 Å². The summed E-state index contributed by atoms with van der Waals surface area (Å²) in [6.07, 6.45) is 2.95. The molecule has 0 saturated heterocycles. The van der Waals surface area contributed by atoms with Crippen LogP contribution in [0.4, 0.5) is 16.2 Å². The quantitative estimate of drug-likeness (QED) is 0.715. The average molecular weight is 277 g/mol. The van der Waals surface area contributed by atoms with Crippen LogP contribution in [0.3, 0.4) is 0 Å². The van der Waals surface area contributed by atoms with Gasteiger partial charge in [-0.25, -0.2) is 4.79 Å². The summed E-state index contributed by atoms with van der Waals surface area (Å²) in [5.41, 5.74) is 6.88. The lowest BCUT2D eigenvalue weighted by Gasteiger charge is -2.31. The fourth-order valence-corrected chi connectivity index (χ4v) is 2.08. The number of carboxylic acid groups (broad SMARTS) is 1. The van der Waals surface area contributed by atoms with Crippen LogP contribution in [0.25, 0.3) is 0 Å². The molecule has 0 atom stereocenters. The summed E-state index contributed by atoms with van der Waals surface area (Å²) >= 11 is 0. The van der Waals surface area contributed by atoms with E-state index < -0.39 is 5.97 Å². The van der Waals surface area contributed by atoms with Gasteiger partial charge in [0.05, 0.1) is 17.8 Å². The van der Waals surface area contributed by atoms with Crippen LogP contribution in [0.15, 0.2) is 24.3 Å². The number of rotatable bonds is 5. The lowest BCUT2D eigenvalue weighted by molar-refractivity contribution is -0.136. The second-order valence-corrected chi connectivity index (χ2v) is 4.93. The van der Waals surface area contributed by atoms with Crippen molar-refractivity contribution in [3.05, 3.63) is 24.3 Å². The van der Waals surface area contributed by atoms with E-state index in [1.54, 1.807) is 24.3 Å². The molecule has 1 saturated carbocycles. The van der Waals surface area contributed by atoms with E-state index in [0.717, 1.165) is 19.3 Å². The minimum atomic E-state index is -0.944. The second-order valence-electron chi connectivity index (χ2n) is 4.93. The van der Waals surface area contributed by atoms with Crippen molar-refractivity contribution in [2.24, 2.45) is 0 Å². The number of hydrogen-bond acceptors (Lipinski definition) is 3. The molecule has 1 aliphatic rings. The number of amides is 2. The lowest BCUT2D eigenvalue weighted by atomic mass is 9.93. The number of aliphatic carboxylic acids is 1. The molecule has 4 N–H and O–H groups in total. The van der Waals surface area contributed by atoms with Crippen LogP contribution >= 0.6 is 0 Å². The van der Waals surface area contributed by atoms with Crippen LogP contribution in [0.2, 0.25) is 0 Å². The molecule has 1 aromatic carbocycles. The molecule has 0 bridgehead atoms. The maximum atomic E-state index is 12.3. The van der Waals surface area contributed by atoms with Gasteiger partial charge < -0.3 is 16.2 Å². The van der Waals surface area contributed by atoms with Crippen molar-refractivity contribution in [2.75, 3.05) is 17.2 Å². The summed E-state index contributed by atoms with van der Waals surface area (Å²) in [7, 11) is 0. The van der Waals surface area contributed by atoms with Crippen molar-refractivity contribution in [3.63, 3.8) is 0 Å². The van der Waals surface area contributed by atoms with Crippen LogP contribution in [-0.2, 0) is 4.79 Å². The summed E-state index contributed by atoms with van der Waals surface area (Å²) in [4.78, 5) is 24.4. The summed E-state index contributed by atoms with van der Waals surface area (Å²) in [6.45, 7) is 0.0993. The van der Waals surface area contributed by atoms with E-state index in [0.29, 0.717) is 11.4 Å². The Morgan fingerprint density at radius 1 is 1.35 bits per heavy atom. The molecular formula is C14H19N3O3. The molecule has 1 aliphatic carbocycles. The van der Waals surface area contributed by atoms with E-state index in [2.05, 4.69) is 5.32 Å². The Kier molecular flexibility index (Phi) is 4.45. The predicted molar refractivity (Wildman–Crippen MR) is 76.6 cm³/mol. The van der Waals surface area contributed by atoms with Crippen molar-refractivity contribution in [2.45, 2.75) is 31.7 Å². The topological polar surface area (TPSA) is 95.7 Å². The smallest absolute Gasteiger partial charge is 0.322 e. The zero-order chi connectivity index (χ0) is 14.5. The summed E-state index contributed by atoms with van der Waals surface area (Å²) in [6, 6.07) is 6.87. The highest BCUT2D eigenvalue weighted by Gasteiger charge is 2.24. The van der Waals surface area contributed by atoms with Gasteiger partial charge >= 0.3 is 12.0 Å². The van der Waals surface area contributed by atoms with E-state index in [1.807, 2.05) is 0 Å². The Balaban J connectivity index is 2.12. The number of benzene rings is 1. The molecule has 0 heterocycles. The van der Waals surface area contributed by atoms with Crippen molar-refractivity contribution in [3.8, 4) is 0 Å². The van der Waals surface area contributed by atoms with Gasteiger partial charge in [-0.1, -0.05) is 12.1 Å². The van der Waals surface area contributed by atoms with E-state index in [9.17, 15) is 9.59 Å². The molecule has 0 aliphatic heterocycles. The number of nitrogens with one attached hydrogen (secondary N) is 1. The van der Waals surface area contributed by atoms with Gasteiger partial charge in [0.15, 0.2) is 0 Å². The zero-order valence-corrected chi connectivity index (χ0v) is 11.2. The molecule has 1 fully saturated rings. The molecule has 0 radical (unpaired) electrons. The van der Waals surface area contributed by atoms with Crippen LogP contribution in [-0.4, -0.2) is 29.7 Å². The van der Waals surface area contributed by atoms with Crippen LogP contribution in [0, 0.1) is 0 Å². The molecule has 6 nitrogen and oxygen atoms in total. The first-order valence-corrected chi connectivity index (χ1v) is 6.72. The maximum Gasteiger partial charge on any atom is 0.322 e. The van der Waals surface area contributed by atoms with E-state index in [4.69, 9.17) is 10.8 Å². The number of para-hydroxylation sites is 2. The Labute approximate surface area is 117 Å². The fraction of sp³-hybridized carbons (Fsp3) is 0.429. The molecule has 2 rings (SSSR count). The zero-order valence-electron chi connectivity index (χ0n) is 11.2. The number of nitrogens with zero attached hydrogens (tertiary/aromatic N) is 1. The average Bonchev–Trinajstić information content (AvgIpc) is 2.36. The summed E-state index contributed by atoms with van der Waals surface area (Å²) < 4.78 is 0. The van der Waals surface area contributed by atoms with Gasteiger partial charge in [-0.2, -0.15) is 0 Å². The normalized spacial score (nSPS) is 14.4. The number of carbonyl (C=O) groups is 2. The van der Waals surface area contributed by atoms with E-state index in [-0.39, 0.29) is 25.0 Å². The largest absolute Gasteiger partial charge is 0.481 e. The van der Waals surface area contributed by atoms with Crippen molar-refractivity contribution in [1.82, 2.24) is 5.32 Å². The van der Waals surface area contributed by atoms with Crippen molar-refractivity contribution >= 4 is 23.4 Å². The maximum absolute atomic E-state index is 12.3. The van der Waals surface area contributed by atoms with Crippen LogP contribution in [0.1, 0.15) is 25.7 Å². The highest BCUT2D eigenvalue weighted by Crippen LogP contribution is 2.24. The number of hydrogen-bond donors (Lipinski definition) is 3. The third kappa shape index (κ3) is 3.40. The standard InChI is InChI=1S/C14H19N3O3/c15-11-6-1-2-7-12(11)17(9-8-13(18)19)14(20)16-10-4-3-5-10/h1-2,6-7,10H,3-5,8-9,15H2,(H,16,20)(H,18,19). The van der Waals surface area contributed by atoms with Gasteiger partial charge in [0.2, 0.25) is 0 Å². The third-order valence-electron chi connectivity index (χ3n) is 3.45. The van der Waals surface area contributed by atoms with Crippen molar-refractivity contribution < 1.29 is 14.7 Å². The van der Waals surface area contributed by atoms with Gasteiger partial charge in [0.1, 0.15) is 0 Å². The molecule has 2 amide bonds. The molecule has 0 spiro atoms. The monoisotopic (exact) mass is 277 g/mol. The molecule has 0 aromatic heterocycles. The first-order valence-electron chi connectivity index (χ1n) is 6.72. The SMILES string of the molecule is Nc1ccccc1N(CCC(=O)O)C(=O)NC1CCC1. The molecule has 6 heteroatoms. The highest BCUT2D eigenvalue weighted by molar-refractivity contribution is 5.95. The van der Waals surface area contributed by atoms with Crippen molar-refractivity contribution in [1.29, 1.82) is 0 Å². The number of anilines is 2. The van der Waals surface area contributed by atoms with Gasteiger partial charge in [0, 0.05) is 12.6 Å². The minimum absolute atomic E-state index is 0.0993. The number of nitrogen functional groups attached to an aromatic ring is 1. The van der Waals surface area contributed by atoms with E-state index in [1.165, 1.54) is 4.90 Å². The van der Waals surface area contributed by atoms with E-state index >= 15 is 0 Å². The Hall–Kier alpha value is -2.24. The molecule has 0 unspecified atom stereocenters. The molecule has 108 valence electrons. The predicted octanol–water partition coefficient (Wildman–Crippen LogP) is 1.81. The number of carbonyl (C=O) groups excluding carboxylic acids is 1. The Bertz CT molecular complexity index is 500.